The third-order valence-corrected chi connectivity index (χ3v) is 3.33. The highest BCUT2D eigenvalue weighted by molar-refractivity contribution is 4.82. The summed E-state index contributed by atoms with van der Waals surface area (Å²) in [5.74, 6) is 0. The zero-order valence-electron chi connectivity index (χ0n) is 10.7. The minimum Gasteiger partial charge on any atom is -0.390 e. The van der Waals surface area contributed by atoms with Gasteiger partial charge in [0.25, 0.3) is 0 Å². The molecule has 0 amide bonds. The number of hydrogen-bond acceptors (Lipinski definition) is 3. The molecular weight excluding hydrogens is 204 g/mol. The van der Waals surface area contributed by atoms with Crippen molar-refractivity contribution in [2.24, 2.45) is 0 Å². The van der Waals surface area contributed by atoms with Crippen LogP contribution in [0.1, 0.15) is 58.8 Å². The Bertz CT molecular complexity index is 170. The molecule has 0 heterocycles. The molecule has 0 spiro atoms. The van der Waals surface area contributed by atoms with Crippen LogP contribution in [0.5, 0.6) is 0 Å². The number of rotatable bonds is 7. The Hall–Kier alpha value is -0.120. The van der Waals surface area contributed by atoms with Gasteiger partial charge in [0, 0.05) is 19.6 Å². The van der Waals surface area contributed by atoms with Crippen LogP contribution in [0.2, 0.25) is 0 Å². The van der Waals surface area contributed by atoms with E-state index in [1.807, 2.05) is 13.8 Å². The zero-order valence-corrected chi connectivity index (χ0v) is 10.7. The summed E-state index contributed by atoms with van der Waals surface area (Å²) < 4.78 is 11.0. The van der Waals surface area contributed by atoms with Gasteiger partial charge in [-0.25, -0.2) is 0 Å². The highest BCUT2D eigenvalue weighted by Crippen LogP contribution is 2.32. The Labute approximate surface area is 99.1 Å². The molecule has 0 aromatic rings. The smallest absolute Gasteiger partial charge is 0.157 e. The van der Waals surface area contributed by atoms with Gasteiger partial charge in [-0.3, -0.25) is 0 Å². The molecule has 1 rings (SSSR count). The SMILES string of the molecule is CCOC(CCC1(O)CCCCC1)OCC. The average molecular weight is 230 g/mol. The second-order valence-electron chi connectivity index (χ2n) is 4.66. The molecule has 0 unspecified atom stereocenters. The van der Waals surface area contributed by atoms with Gasteiger partial charge in [0.1, 0.15) is 0 Å². The Morgan fingerprint density at radius 1 is 1.06 bits per heavy atom. The van der Waals surface area contributed by atoms with Gasteiger partial charge in [-0.05, 0) is 33.1 Å². The first kappa shape index (κ1) is 13.9. The highest BCUT2D eigenvalue weighted by atomic mass is 16.7. The fraction of sp³-hybridized carbons (Fsp3) is 1.00. The van der Waals surface area contributed by atoms with Crippen molar-refractivity contribution in [1.82, 2.24) is 0 Å². The monoisotopic (exact) mass is 230 g/mol. The summed E-state index contributed by atoms with van der Waals surface area (Å²) in [6, 6.07) is 0. The molecule has 0 aromatic heterocycles. The molecule has 0 radical (unpaired) electrons. The third-order valence-electron chi connectivity index (χ3n) is 3.33. The van der Waals surface area contributed by atoms with Crippen molar-refractivity contribution in [3.8, 4) is 0 Å². The van der Waals surface area contributed by atoms with Gasteiger partial charge in [0.05, 0.1) is 5.60 Å². The molecule has 1 aliphatic carbocycles. The van der Waals surface area contributed by atoms with Crippen LogP contribution in [-0.4, -0.2) is 30.2 Å². The minimum absolute atomic E-state index is 0.138. The molecule has 1 saturated carbocycles. The fourth-order valence-electron chi connectivity index (χ4n) is 2.43. The lowest BCUT2D eigenvalue weighted by atomic mass is 9.81. The van der Waals surface area contributed by atoms with Gasteiger partial charge in [0.2, 0.25) is 0 Å². The van der Waals surface area contributed by atoms with Crippen LogP contribution in [0.4, 0.5) is 0 Å². The number of hydrogen-bond donors (Lipinski definition) is 1. The van der Waals surface area contributed by atoms with E-state index in [9.17, 15) is 5.11 Å². The van der Waals surface area contributed by atoms with Crippen molar-refractivity contribution in [3.05, 3.63) is 0 Å². The molecule has 0 aliphatic heterocycles. The summed E-state index contributed by atoms with van der Waals surface area (Å²) in [5.41, 5.74) is -0.454. The van der Waals surface area contributed by atoms with E-state index in [1.165, 1.54) is 6.42 Å². The molecule has 0 saturated heterocycles. The molecule has 1 aliphatic rings. The second-order valence-corrected chi connectivity index (χ2v) is 4.66. The van der Waals surface area contributed by atoms with Crippen LogP contribution >= 0.6 is 0 Å². The van der Waals surface area contributed by atoms with Gasteiger partial charge in [-0.2, -0.15) is 0 Å². The van der Waals surface area contributed by atoms with Gasteiger partial charge in [0.15, 0.2) is 6.29 Å². The number of ether oxygens (including phenoxy) is 2. The average Bonchev–Trinajstić information content (AvgIpc) is 2.28. The molecule has 0 atom stereocenters. The summed E-state index contributed by atoms with van der Waals surface area (Å²) in [4.78, 5) is 0. The Kier molecular flexibility index (Phi) is 6.32. The van der Waals surface area contributed by atoms with Crippen LogP contribution in [0, 0.1) is 0 Å². The second kappa shape index (κ2) is 7.25. The molecule has 0 aromatic carbocycles. The van der Waals surface area contributed by atoms with E-state index in [0.717, 1.165) is 38.5 Å². The predicted molar refractivity (Wildman–Crippen MR) is 64.3 cm³/mol. The van der Waals surface area contributed by atoms with Crippen LogP contribution < -0.4 is 0 Å². The van der Waals surface area contributed by atoms with Crippen LogP contribution in [0.3, 0.4) is 0 Å². The maximum Gasteiger partial charge on any atom is 0.157 e. The lowest BCUT2D eigenvalue weighted by molar-refractivity contribution is -0.149. The van der Waals surface area contributed by atoms with E-state index < -0.39 is 5.60 Å². The molecule has 96 valence electrons. The van der Waals surface area contributed by atoms with E-state index in [1.54, 1.807) is 0 Å². The van der Waals surface area contributed by atoms with Crippen molar-refractivity contribution in [3.63, 3.8) is 0 Å². The lowest BCUT2D eigenvalue weighted by Crippen LogP contribution is -2.33. The van der Waals surface area contributed by atoms with Gasteiger partial charge >= 0.3 is 0 Å². The van der Waals surface area contributed by atoms with E-state index >= 15 is 0 Å². The molecule has 1 N–H and O–H groups in total. The molecular formula is C13H26O3. The largest absolute Gasteiger partial charge is 0.390 e. The predicted octanol–water partition coefficient (Wildman–Crippen LogP) is 2.86. The van der Waals surface area contributed by atoms with Gasteiger partial charge in [-0.15, -0.1) is 0 Å². The third kappa shape index (κ3) is 4.81. The van der Waals surface area contributed by atoms with Crippen molar-refractivity contribution >= 4 is 0 Å². The molecule has 16 heavy (non-hydrogen) atoms. The first-order valence-electron chi connectivity index (χ1n) is 6.66. The van der Waals surface area contributed by atoms with Crippen LogP contribution in [0.25, 0.3) is 0 Å². The summed E-state index contributed by atoms with van der Waals surface area (Å²) in [5, 5.41) is 10.3. The van der Waals surface area contributed by atoms with E-state index in [2.05, 4.69) is 0 Å². The normalized spacial score (nSPS) is 20.2. The molecule has 1 fully saturated rings. The summed E-state index contributed by atoms with van der Waals surface area (Å²) in [6.45, 7) is 5.29. The molecule has 3 heteroatoms. The quantitative estimate of drug-likeness (QED) is 0.683. The van der Waals surface area contributed by atoms with Crippen LogP contribution in [0.15, 0.2) is 0 Å². The van der Waals surface area contributed by atoms with Crippen molar-refractivity contribution in [2.45, 2.75) is 70.7 Å². The lowest BCUT2D eigenvalue weighted by Gasteiger charge is -2.33. The summed E-state index contributed by atoms with van der Waals surface area (Å²) in [6.07, 6.45) is 6.93. The summed E-state index contributed by atoms with van der Waals surface area (Å²) in [7, 11) is 0. The minimum atomic E-state index is -0.454. The van der Waals surface area contributed by atoms with Crippen molar-refractivity contribution in [2.75, 3.05) is 13.2 Å². The van der Waals surface area contributed by atoms with Crippen LogP contribution in [-0.2, 0) is 9.47 Å². The van der Waals surface area contributed by atoms with Crippen molar-refractivity contribution in [1.29, 1.82) is 0 Å². The molecule has 3 nitrogen and oxygen atoms in total. The highest BCUT2D eigenvalue weighted by Gasteiger charge is 2.29. The first-order chi connectivity index (χ1) is 7.70. The van der Waals surface area contributed by atoms with E-state index in [4.69, 9.17) is 9.47 Å². The fourth-order valence-corrected chi connectivity index (χ4v) is 2.43. The van der Waals surface area contributed by atoms with Gasteiger partial charge < -0.3 is 14.6 Å². The number of aliphatic hydroxyl groups is 1. The summed E-state index contributed by atoms with van der Waals surface area (Å²) >= 11 is 0. The van der Waals surface area contributed by atoms with Crippen molar-refractivity contribution < 1.29 is 14.6 Å². The van der Waals surface area contributed by atoms with E-state index in [0.29, 0.717) is 13.2 Å². The van der Waals surface area contributed by atoms with Gasteiger partial charge in [-0.1, -0.05) is 19.3 Å². The Morgan fingerprint density at radius 3 is 2.12 bits per heavy atom. The maximum absolute atomic E-state index is 10.3. The first-order valence-corrected chi connectivity index (χ1v) is 6.66. The standard InChI is InChI=1S/C13H26O3/c1-3-15-12(16-4-2)8-11-13(14)9-6-5-7-10-13/h12,14H,3-11H2,1-2H3. The topological polar surface area (TPSA) is 38.7 Å². The zero-order chi connectivity index (χ0) is 11.9. The van der Waals surface area contributed by atoms with E-state index in [-0.39, 0.29) is 6.29 Å². The molecule has 0 bridgehead atoms. The Balaban J connectivity index is 2.28. The maximum atomic E-state index is 10.3. The Morgan fingerprint density at radius 2 is 1.62 bits per heavy atom.